The molecule has 102 valence electrons. The summed E-state index contributed by atoms with van der Waals surface area (Å²) in [5, 5.41) is 3.84. The second-order valence-corrected chi connectivity index (χ2v) is 5.45. The fraction of sp³-hybridized carbons (Fsp3) is 0.182. The van der Waals surface area contributed by atoms with Crippen LogP contribution in [0.15, 0.2) is 35.5 Å². The second-order valence-electron chi connectivity index (χ2n) is 3.77. The number of benzene rings is 1. The normalized spacial score (nSPS) is 11.5. The third-order valence-corrected chi connectivity index (χ3v) is 3.75. The van der Waals surface area contributed by atoms with E-state index in [1.165, 1.54) is 17.1 Å². The molecule has 1 aromatic heterocycles. The van der Waals surface area contributed by atoms with Crippen LogP contribution in [0.4, 0.5) is 14.5 Å². The average Bonchev–Trinajstić information content (AvgIpc) is 2.83. The number of anilines is 1. The molecular weight excluding hydrogens is 276 g/mol. The lowest BCUT2D eigenvalue weighted by atomic mass is 10.3. The number of hydrogen-bond donors (Lipinski definition) is 1. The minimum absolute atomic E-state index is 0.0425. The van der Waals surface area contributed by atoms with E-state index in [-0.39, 0.29) is 10.6 Å². The van der Waals surface area contributed by atoms with Gasteiger partial charge in [-0.15, -0.1) is 0 Å². The molecule has 0 radical (unpaired) electrons. The lowest BCUT2D eigenvalue weighted by Crippen LogP contribution is -2.12. The number of nitrogens with one attached hydrogen (secondary N) is 1. The summed E-state index contributed by atoms with van der Waals surface area (Å²) < 4.78 is 53.2. The van der Waals surface area contributed by atoms with Crippen LogP contribution >= 0.6 is 0 Å². The highest BCUT2D eigenvalue weighted by molar-refractivity contribution is 7.92. The van der Waals surface area contributed by atoms with Gasteiger partial charge >= 0.3 is 0 Å². The molecule has 0 atom stereocenters. The van der Waals surface area contributed by atoms with Gasteiger partial charge in [0.05, 0.1) is 11.9 Å². The number of aromatic nitrogens is 2. The number of nitrogens with zero attached hydrogens (tertiary/aromatic N) is 2. The molecule has 0 fully saturated rings. The van der Waals surface area contributed by atoms with Crippen molar-refractivity contribution in [1.29, 1.82) is 0 Å². The summed E-state index contributed by atoms with van der Waals surface area (Å²) >= 11 is 0. The van der Waals surface area contributed by atoms with Crippen molar-refractivity contribution >= 4 is 15.7 Å². The van der Waals surface area contributed by atoms with Crippen molar-refractivity contribution in [1.82, 2.24) is 9.78 Å². The summed E-state index contributed by atoms with van der Waals surface area (Å²) in [6.07, 6.45) is 2.54. The van der Waals surface area contributed by atoms with Gasteiger partial charge in [0.15, 0.2) is 11.6 Å². The van der Waals surface area contributed by atoms with Gasteiger partial charge in [-0.05, 0) is 19.1 Å². The Labute approximate surface area is 108 Å². The van der Waals surface area contributed by atoms with Crippen LogP contribution in [0.5, 0.6) is 0 Å². The van der Waals surface area contributed by atoms with E-state index >= 15 is 0 Å². The molecule has 0 unspecified atom stereocenters. The van der Waals surface area contributed by atoms with Gasteiger partial charge < -0.3 is 0 Å². The SMILES string of the molecule is CCn1cc(S(=O)(=O)Nc2ccc(F)c(F)c2)cn1. The van der Waals surface area contributed by atoms with E-state index < -0.39 is 21.7 Å². The molecule has 0 bridgehead atoms. The van der Waals surface area contributed by atoms with Crippen LogP contribution in [0.25, 0.3) is 0 Å². The molecule has 1 heterocycles. The van der Waals surface area contributed by atoms with E-state index in [1.807, 2.05) is 6.92 Å². The Hall–Kier alpha value is -1.96. The molecule has 19 heavy (non-hydrogen) atoms. The summed E-state index contributed by atoms with van der Waals surface area (Å²) in [6, 6.07) is 2.76. The monoisotopic (exact) mass is 287 g/mol. The first-order valence-corrected chi connectivity index (χ1v) is 6.91. The van der Waals surface area contributed by atoms with Gasteiger partial charge in [0, 0.05) is 18.8 Å². The zero-order valence-corrected chi connectivity index (χ0v) is 10.8. The largest absolute Gasteiger partial charge is 0.279 e. The first-order valence-electron chi connectivity index (χ1n) is 5.42. The molecule has 1 N–H and O–H groups in total. The van der Waals surface area contributed by atoms with Crippen LogP contribution in [-0.4, -0.2) is 18.2 Å². The maximum atomic E-state index is 13.0. The summed E-state index contributed by atoms with van der Waals surface area (Å²) in [5.41, 5.74) is -0.0526. The second kappa shape index (κ2) is 4.96. The Morgan fingerprint density at radius 3 is 2.63 bits per heavy atom. The molecular formula is C11H11F2N3O2S. The minimum Gasteiger partial charge on any atom is -0.279 e. The molecule has 0 aliphatic carbocycles. The average molecular weight is 287 g/mol. The molecule has 0 saturated heterocycles. The Balaban J connectivity index is 2.28. The molecule has 0 saturated carbocycles. The van der Waals surface area contributed by atoms with Crippen molar-refractivity contribution in [2.75, 3.05) is 4.72 Å². The van der Waals surface area contributed by atoms with Crippen molar-refractivity contribution < 1.29 is 17.2 Å². The molecule has 1 aromatic carbocycles. The van der Waals surface area contributed by atoms with Gasteiger partial charge in [-0.2, -0.15) is 5.10 Å². The van der Waals surface area contributed by atoms with Gasteiger partial charge in [-0.1, -0.05) is 0 Å². The zero-order valence-electron chi connectivity index (χ0n) is 9.97. The number of rotatable bonds is 4. The quantitative estimate of drug-likeness (QED) is 0.935. The standard InChI is InChI=1S/C11H11F2N3O2S/c1-2-16-7-9(6-14-16)19(17,18)15-8-3-4-10(12)11(13)5-8/h3-7,15H,2H2,1H3. The van der Waals surface area contributed by atoms with Crippen LogP contribution in [0.3, 0.4) is 0 Å². The van der Waals surface area contributed by atoms with E-state index in [2.05, 4.69) is 9.82 Å². The van der Waals surface area contributed by atoms with E-state index in [0.717, 1.165) is 18.2 Å². The fourth-order valence-electron chi connectivity index (χ4n) is 1.43. The summed E-state index contributed by atoms with van der Waals surface area (Å²) in [4.78, 5) is -0.0425. The smallest absolute Gasteiger partial charge is 0.265 e. The number of hydrogen-bond acceptors (Lipinski definition) is 3. The summed E-state index contributed by atoms with van der Waals surface area (Å²) in [5.74, 6) is -2.16. The first kappa shape index (κ1) is 13.5. The van der Waals surface area contributed by atoms with Gasteiger partial charge in [-0.25, -0.2) is 17.2 Å². The topological polar surface area (TPSA) is 64.0 Å². The van der Waals surface area contributed by atoms with Crippen molar-refractivity contribution in [2.24, 2.45) is 0 Å². The number of halogens is 2. The molecule has 0 aliphatic rings. The highest BCUT2D eigenvalue weighted by atomic mass is 32.2. The van der Waals surface area contributed by atoms with E-state index in [9.17, 15) is 17.2 Å². The maximum absolute atomic E-state index is 13.0. The van der Waals surface area contributed by atoms with E-state index in [1.54, 1.807) is 0 Å². The molecule has 5 nitrogen and oxygen atoms in total. The first-order chi connectivity index (χ1) is 8.92. The van der Waals surface area contributed by atoms with Gasteiger partial charge in [-0.3, -0.25) is 9.40 Å². The zero-order chi connectivity index (χ0) is 14.0. The Morgan fingerprint density at radius 2 is 2.05 bits per heavy atom. The minimum atomic E-state index is -3.85. The lowest BCUT2D eigenvalue weighted by Gasteiger charge is -2.06. The molecule has 0 aliphatic heterocycles. The lowest BCUT2D eigenvalue weighted by molar-refractivity contribution is 0.509. The van der Waals surface area contributed by atoms with Crippen molar-refractivity contribution in [3.63, 3.8) is 0 Å². The van der Waals surface area contributed by atoms with E-state index in [0.29, 0.717) is 6.54 Å². The van der Waals surface area contributed by atoms with Crippen molar-refractivity contribution in [3.8, 4) is 0 Å². The molecule has 2 rings (SSSR count). The van der Waals surface area contributed by atoms with Crippen LogP contribution < -0.4 is 4.72 Å². The van der Waals surface area contributed by atoms with E-state index in [4.69, 9.17) is 0 Å². The van der Waals surface area contributed by atoms with Gasteiger partial charge in [0.2, 0.25) is 0 Å². The van der Waals surface area contributed by atoms with Crippen molar-refractivity contribution in [3.05, 3.63) is 42.2 Å². The number of sulfonamides is 1. The molecule has 0 spiro atoms. The summed E-state index contributed by atoms with van der Waals surface area (Å²) in [6.45, 7) is 2.34. The predicted octanol–water partition coefficient (Wildman–Crippen LogP) is 1.98. The Kier molecular flexibility index (Phi) is 3.52. The van der Waals surface area contributed by atoms with Crippen LogP contribution in [-0.2, 0) is 16.6 Å². The van der Waals surface area contributed by atoms with Crippen LogP contribution in [0.2, 0.25) is 0 Å². The predicted molar refractivity (Wildman–Crippen MR) is 65.1 cm³/mol. The highest BCUT2D eigenvalue weighted by Crippen LogP contribution is 2.17. The maximum Gasteiger partial charge on any atom is 0.265 e. The Bertz CT molecular complexity index is 698. The summed E-state index contributed by atoms with van der Waals surface area (Å²) in [7, 11) is -3.85. The van der Waals surface area contributed by atoms with Crippen molar-refractivity contribution in [2.45, 2.75) is 18.4 Å². The van der Waals surface area contributed by atoms with Crippen LogP contribution in [0, 0.1) is 11.6 Å². The number of aryl methyl sites for hydroxylation is 1. The molecule has 2 aromatic rings. The van der Waals surface area contributed by atoms with Gasteiger partial charge in [0.25, 0.3) is 10.0 Å². The van der Waals surface area contributed by atoms with Gasteiger partial charge in [0.1, 0.15) is 4.90 Å². The molecule has 0 amide bonds. The third kappa shape index (κ3) is 2.90. The fourth-order valence-corrected chi connectivity index (χ4v) is 2.43. The highest BCUT2D eigenvalue weighted by Gasteiger charge is 2.17. The van der Waals surface area contributed by atoms with Crippen LogP contribution in [0.1, 0.15) is 6.92 Å². The Morgan fingerprint density at radius 1 is 1.32 bits per heavy atom. The third-order valence-electron chi connectivity index (χ3n) is 2.42. The molecule has 8 heteroatoms.